The van der Waals surface area contributed by atoms with Crippen molar-refractivity contribution in [1.29, 1.82) is 0 Å². The van der Waals surface area contributed by atoms with Crippen LogP contribution in [0.15, 0.2) is 23.4 Å². The van der Waals surface area contributed by atoms with Gasteiger partial charge in [-0.1, -0.05) is 22.8 Å². The molecule has 1 rings (SSSR count). The van der Waals surface area contributed by atoms with E-state index in [1.165, 1.54) is 0 Å². The Morgan fingerprint density at radius 2 is 2.24 bits per heavy atom. The van der Waals surface area contributed by atoms with Crippen molar-refractivity contribution in [2.75, 3.05) is 24.6 Å². The number of hydrogen-bond donors (Lipinski definition) is 3. The molecule has 94 valence electrons. The summed E-state index contributed by atoms with van der Waals surface area (Å²) in [4.78, 5) is 1.90. The van der Waals surface area contributed by atoms with Crippen molar-refractivity contribution in [3.05, 3.63) is 28.8 Å². The van der Waals surface area contributed by atoms with Gasteiger partial charge in [0.1, 0.15) is 0 Å². The summed E-state index contributed by atoms with van der Waals surface area (Å²) < 4.78 is 0. The van der Waals surface area contributed by atoms with Gasteiger partial charge in [-0.2, -0.15) is 0 Å². The summed E-state index contributed by atoms with van der Waals surface area (Å²) in [5.74, 6) is -0.0398. The van der Waals surface area contributed by atoms with Gasteiger partial charge in [-0.3, -0.25) is 0 Å². The minimum Gasteiger partial charge on any atom is -0.409 e. The first-order valence-electron chi connectivity index (χ1n) is 5.27. The smallest absolute Gasteiger partial charge is 0.173 e. The van der Waals surface area contributed by atoms with Crippen molar-refractivity contribution >= 4 is 23.1 Å². The van der Waals surface area contributed by atoms with Gasteiger partial charge in [0.2, 0.25) is 0 Å². The average molecular weight is 258 g/mol. The second-order valence-electron chi connectivity index (χ2n) is 3.42. The van der Waals surface area contributed by atoms with Crippen LogP contribution < -0.4 is 10.6 Å². The predicted octanol–water partition coefficient (Wildman–Crippen LogP) is 1.25. The minimum absolute atomic E-state index is 0.0238. The van der Waals surface area contributed by atoms with Crippen LogP contribution in [0.25, 0.3) is 0 Å². The molecule has 0 unspecified atom stereocenters. The molecule has 0 aliphatic heterocycles. The zero-order chi connectivity index (χ0) is 12.8. The van der Waals surface area contributed by atoms with E-state index in [-0.39, 0.29) is 12.4 Å². The summed E-state index contributed by atoms with van der Waals surface area (Å²) in [6, 6.07) is 5.27. The first-order chi connectivity index (χ1) is 8.15. The second kappa shape index (κ2) is 6.32. The first-order valence-corrected chi connectivity index (χ1v) is 5.65. The lowest BCUT2D eigenvalue weighted by atomic mass is 10.1. The number of nitrogens with zero attached hydrogens (tertiary/aromatic N) is 2. The number of aliphatic hydroxyl groups is 1. The van der Waals surface area contributed by atoms with Crippen LogP contribution in [0.4, 0.5) is 5.69 Å². The number of hydrogen-bond acceptors (Lipinski definition) is 4. The van der Waals surface area contributed by atoms with Crippen LogP contribution in [0.3, 0.4) is 0 Å². The number of halogens is 1. The van der Waals surface area contributed by atoms with E-state index in [1.807, 2.05) is 17.9 Å². The number of rotatable bonds is 5. The van der Waals surface area contributed by atoms with Crippen molar-refractivity contribution in [2.24, 2.45) is 10.9 Å². The lowest BCUT2D eigenvalue weighted by molar-refractivity contribution is 0.302. The number of oxime groups is 1. The molecular formula is C11H16ClN3O2. The summed E-state index contributed by atoms with van der Waals surface area (Å²) in [7, 11) is 0. The van der Waals surface area contributed by atoms with Crippen LogP contribution in [0.1, 0.15) is 12.5 Å². The molecule has 0 fully saturated rings. The van der Waals surface area contributed by atoms with E-state index in [0.29, 0.717) is 23.7 Å². The molecule has 0 aliphatic rings. The van der Waals surface area contributed by atoms with E-state index < -0.39 is 0 Å². The van der Waals surface area contributed by atoms with Gasteiger partial charge < -0.3 is 20.9 Å². The largest absolute Gasteiger partial charge is 0.409 e. The summed E-state index contributed by atoms with van der Waals surface area (Å²) >= 11 is 6.04. The van der Waals surface area contributed by atoms with Gasteiger partial charge in [0, 0.05) is 18.8 Å². The number of nitrogens with two attached hydrogens (primary N) is 1. The molecule has 0 aromatic heterocycles. The molecule has 0 bridgehead atoms. The summed E-state index contributed by atoms with van der Waals surface area (Å²) in [5, 5.41) is 21.1. The van der Waals surface area contributed by atoms with Crippen molar-refractivity contribution < 1.29 is 10.3 Å². The van der Waals surface area contributed by atoms with E-state index in [1.54, 1.807) is 12.1 Å². The lowest BCUT2D eigenvalue weighted by Crippen LogP contribution is -2.29. The fraction of sp³-hybridized carbons (Fsp3) is 0.364. The number of anilines is 1. The standard InChI is InChI=1S/C11H16ClN3O2/c1-2-15(6-7-16)9-5-3-4-8(12)10(9)11(13)14-17/h3-5,16-17H,2,6-7H2,1H3,(H2,13,14). The summed E-state index contributed by atoms with van der Waals surface area (Å²) in [6.45, 7) is 3.12. The molecule has 17 heavy (non-hydrogen) atoms. The molecule has 0 atom stereocenters. The number of benzene rings is 1. The van der Waals surface area contributed by atoms with Crippen LogP contribution in [-0.4, -0.2) is 35.8 Å². The Bertz CT molecular complexity index is 410. The lowest BCUT2D eigenvalue weighted by Gasteiger charge is -2.25. The summed E-state index contributed by atoms with van der Waals surface area (Å²) in [5.41, 5.74) is 6.83. The predicted molar refractivity (Wildman–Crippen MR) is 68.9 cm³/mol. The van der Waals surface area contributed by atoms with E-state index in [9.17, 15) is 0 Å². The third-order valence-electron chi connectivity index (χ3n) is 2.45. The molecule has 0 saturated carbocycles. The second-order valence-corrected chi connectivity index (χ2v) is 3.83. The number of amidine groups is 1. The maximum Gasteiger partial charge on any atom is 0.173 e. The Morgan fingerprint density at radius 1 is 1.53 bits per heavy atom. The van der Waals surface area contributed by atoms with Crippen molar-refractivity contribution in [3.8, 4) is 0 Å². The molecule has 0 amide bonds. The molecule has 4 N–H and O–H groups in total. The van der Waals surface area contributed by atoms with Gasteiger partial charge >= 0.3 is 0 Å². The monoisotopic (exact) mass is 257 g/mol. The number of aliphatic hydroxyl groups excluding tert-OH is 1. The quantitative estimate of drug-likeness (QED) is 0.321. The molecule has 0 spiro atoms. The third kappa shape index (κ3) is 3.01. The van der Waals surface area contributed by atoms with Gasteiger partial charge in [-0.05, 0) is 19.1 Å². The molecular weight excluding hydrogens is 242 g/mol. The Morgan fingerprint density at radius 3 is 2.76 bits per heavy atom. The topological polar surface area (TPSA) is 82.1 Å². The van der Waals surface area contributed by atoms with Crippen molar-refractivity contribution in [2.45, 2.75) is 6.92 Å². The highest BCUT2D eigenvalue weighted by atomic mass is 35.5. The molecule has 6 heteroatoms. The van der Waals surface area contributed by atoms with Crippen LogP contribution in [0.2, 0.25) is 5.02 Å². The van der Waals surface area contributed by atoms with Crippen molar-refractivity contribution in [1.82, 2.24) is 0 Å². The molecule has 5 nitrogen and oxygen atoms in total. The average Bonchev–Trinajstić information content (AvgIpc) is 2.34. The van der Waals surface area contributed by atoms with Crippen LogP contribution in [0.5, 0.6) is 0 Å². The Kier molecular flexibility index (Phi) is 5.06. The maximum atomic E-state index is 9.00. The van der Waals surface area contributed by atoms with Gasteiger partial charge in [0.05, 0.1) is 17.2 Å². The third-order valence-corrected chi connectivity index (χ3v) is 2.76. The zero-order valence-electron chi connectivity index (χ0n) is 9.60. The maximum absolute atomic E-state index is 9.00. The highest BCUT2D eigenvalue weighted by Gasteiger charge is 2.15. The SMILES string of the molecule is CCN(CCO)c1cccc(Cl)c1C(N)=NO. The molecule has 1 aromatic carbocycles. The van der Waals surface area contributed by atoms with E-state index in [2.05, 4.69) is 5.16 Å². The van der Waals surface area contributed by atoms with Gasteiger partial charge in [0.25, 0.3) is 0 Å². The molecule has 0 radical (unpaired) electrons. The van der Waals surface area contributed by atoms with Crippen molar-refractivity contribution in [3.63, 3.8) is 0 Å². The zero-order valence-corrected chi connectivity index (χ0v) is 10.4. The first kappa shape index (κ1) is 13.6. The van der Waals surface area contributed by atoms with E-state index >= 15 is 0 Å². The Labute approximate surface area is 105 Å². The van der Waals surface area contributed by atoms with E-state index in [4.69, 9.17) is 27.6 Å². The minimum atomic E-state index is -0.0398. The number of likely N-dealkylation sites (N-methyl/N-ethyl adjacent to an activating group) is 1. The molecule has 1 aromatic rings. The molecule has 0 aliphatic carbocycles. The summed E-state index contributed by atoms with van der Waals surface area (Å²) in [6.07, 6.45) is 0. The van der Waals surface area contributed by atoms with Gasteiger partial charge in [-0.25, -0.2) is 0 Å². The fourth-order valence-corrected chi connectivity index (χ4v) is 1.92. The highest BCUT2D eigenvalue weighted by Crippen LogP contribution is 2.27. The van der Waals surface area contributed by atoms with Gasteiger partial charge in [0.15, 0.2) is 5.84 Å². The van der Waals surface area contributed by atoms with Crippen LogP contribution in [0, 0.1) is 0 Å². The highest BCUT2D eigenvalue weighted by molar-refractivity contribution is 6.34. The fourth-order valence-electron chi connectivity index (χ4n) is 1.65. The van der Waals surface area contributed by atoms with Crippen LogP contribution >= 0.6 is 11.6 Å². The molecule has 0 heterocycles. The van der Waals surface area contributed by atoms with E-state index in [0.717, 1.165) is 5.69 Å². The van der Waals surface area contributed by atoms with Crippen LogP contribution in [-0.2, 0) is 0 Å². The van der Waals surface area contributed by atoms with Gasteiger partial charge in [-0.15, -0.1) is 0 Å². The molecule has 0 saturated heterocycles. The Hall–Kier alpha value is -1.46. The Balaban J connectivity index is 3.27. The normalized spacial score (nSPS) is 11.6.